The number of allylic oxidation sites excluding steroid dienone is 3. The molecule has 0 spiro atoms. The van der Waals surface area contributed by atoms with Gasteiger partial charge in [-0.2, -0.15) is 0 Å². The van der Waals surface area contributed by atoms with E-state index in [0.717, 1.165) is 28.5 Å². The van der Waals surface area contributed by atoms with Crippen LogP contribution >= 0.6 is 0 Å². The van der Waals surface area contributed by atoms with E-state index in [-0.39, 0.29) is 5.91 Å². The minimum atomic E-state index is -0.716. The zero-order valence-corrected chi connectivity index (χ0v) is 14.7. The van der Waals surface area contributed by atoms with Crippen molar-refractivity contribution < 1.29 is 9.53 Å². The molecule has 1 aromatic heterocycles. The Hall–Kier alpha value is -3.28. The Balaban J connectivity index is 1.58. The van der Waals surface area contributed by atoms with Crippen LogP contribution in [0.25, 0.3) is 16.5 Å². The summed E-state index contributed by atoms with van der Waals surface area (Å²) in [6, 6.07) is 8.13. The molecule has 2 aromatic rings. The maximum Gasteiger partial charge on any atom is 0.287 e. The molecule has 6 heteroatoms. The van der Waals surface area contributed by atoms with E-state index in [1.54, 1.807) is 6.20 Å². The number of amides is 1. The first-order valence-electron chi connectivity index (χ1n) is 8.49. The molecule has 132 valence electrons. The predicted octanol–water partition coefficient (Wildman–Crippen LogP) is 3.17. The molecule has 0 saturated heterocycles. The van der Waals surface area contributed by atoms with Gasteiger partial charge in [-0.3, -0.25) is 4.79 Å². The molecule has 2 aliphatic rings. The number of nitrogens with one attached hydrogen (secondary N) is 2. The Morgan fingerprint density at radius 1 is 1.35 bits per heavy atom. The summed E-state index contributed by atoms with van der Waals surface area (Å²) < 4.78 is 5.26. The van der Waals surface area contributed by atoms with E-state index in [2.05, 4.69) is 51.0 Å². The van der Waals surface area contributed by atoms with Gasteiger partial charge in [0, 0.05) is 36.2 Å². The molecule has 2 N–H and O–H groups in total. The fourth-order valence-electron chi connectivity index (χ4n) is 3.08. The molecule has 26 heavy (non-hydrogen) atoms. The van der Waals surface area contributed by atoms with Gasteiger partial charge in [0.2, 0.25) is 6.23 Å². The predicted molar refractivity (Wildman–Crippen MR) is 102 cm³/mol. The van der Waals surface area contributed by atoms with E-state index in [0.29, 0.717) is 5.82 Å². The molecule has 0 aliphatic carbocycles. The molecular weight excluding hydrogens is 328 g/mol. The van der Waals surface area contributed by atoms with Crippen LogP contribution in [-0.4, -0.2) is 29.1 Å². The fourth-order valence-corrected chi connectivity index (χ4v) is 3.08. The van der Waals surface area contributed by atoms with E-state index in [1.807, 2.05) is 26.1 Å². The summed E-state index contributed by atoms with van der Waals surface area (Å²) in [6.45, 7) is 1.84. The number of fused-ring (bicyclic) bond motifs is 1. The van der Waals surface area contributed by atoms with E-state index in [4.69, 9.17) is 4.74 Å². The lowest BCUT2D eigenvalue weighted by atomic mass is 10.0. The summed E-state index contributed by atoms with van der Waals surface area (Å²) in [5, 5.41) is 7.79. The largest absolute Gasteiger partial charge is 0.467 e. The first-order valence-corrected chi connectivity index (χ1v) is 8.49. The van der Waals surface area contributed by atoms with Gasteiger partial charge in [-0.1, -0.05) is 24.3 Å². The zero-order valence-electron chi connectivity index (χ0n) is 14.7. The molecular formula is C20H20N4O2. The maximum atomic E-state index is 12.3. The van der Waals surface area contributed by atoms with Gasteiger partial charge in [-0.05, 0) is 36.4 Å². The van der Waals surface area contributed by atoms with Crippen molar-refractivity contribution in [1.29, 1.82) is 0 Å². The molecule has 0 fully saturated rings. The normalized spacial score (nSPS) is 18.8. The second-order valence-corrected chi connectivity index (χ2v) is 6.40. The quantitative estimate of drug-likeness (QED) is 0.892. The third-order valence-corrected chi connectivity index (χ3v) is 4.40. The molecule has 0 bridgehead atoms. The van der Waals surface area contributed by atoms with Crippen LogP contribution in [0.2, 0.25) is 0 Å². The topological polar surface area (TPSA) is 66.5 Å². The van der Waals surface area contributed by atoms with Gasteiger partial charge in [0.25, 0.3) is 5.91 Å². The Kier molecular flexibility index (Phi) is 4.08. The highest BCUT2D eigenvalue weighted by molar-refractivity contribution is 5.96. The van der Waals surface area contributed by atoms with Crippen molar-refractivity contribution in [3.63, 3.8) is 0 Å². The van der Waals surface area contributed by atoms with Crippen LogP contribution in [0.1, 0.15) is 18.9 Å². The summed E-state index contributed by atoms with van der Waals surface area (Å²) in [5.74, 6) is 0.224. The second kappa shape index (κ2) is 6.55. The van der Waals surface area contributed by atoms with Crippen LogP contribution in [0.3, 0.4) is 0 Å². The zero-order chi connectivity index (χ0) is 18.1. The fraction of sp³-hybridized carbons (Fsp3) is 0.200. The SMILES string of the molecule is CC1=COC(C(=O)Nc2cc3cc(C4=CCC=CN4C)ccc3cn2)N1. The summed E-state index contributed by atoms with van der Waals surface area (Å²) in [6.07, 6.45) is 9.90. The van der Waals surface area contributed by atoms with Gasteiger partial charge < -0.3 is 20.3 Å². The van der Waals surface area contributed by atoms with Gasteiger partial charge in [0.15, 0.2) is 0 Å². The Labute approximate surface area is 151 Å². The minimum Gasteiger partial charge on any atom is -0.467 e. The number of hydrogen-bond acceptors (Lipinski definition) is 5. The van der Waals surface area contributed by atoms with Crippen molar-refractivity contribution in [3.8, 4) is 0 Å². The average molecular weight is 348 g/mol. The van der Waals surface area contributed by atoms with Crippen molar-refractivity contribution in [3.05, 3.63) is 66.3 Å². The molecule has 1 aromatic carbocycles. The number of benzene rings is 1. The van der Waals surface area contributed by atoms with Crippen LogP contribution in [0.15, 0.2) is 60.8 Å². The summed E-state index contributed by atoms with van der Waals surface area (Å²) in [7, 11) is 2.04. The van der Waals surface area contributed by atoms with Crippen molar-refractivity contribution >= 4 is 28.2 Å². The number of carbonyl (C=O) groups excluding carboxylic acids is 1. The first-order chi connectivity index (χ1) is 12.6. The highest BCUT2D eigenvalue weighted by atomic mass is 16.5. The molecule has 0 radical (unpaired) electrons. The second-order valence-electron chi connectivity index (χ2n) is 6.40. The van der Waals surface area contributed by atoms with Crippen LogP contribution in [-0.2, 0) is 9.53 Å². The standard InChI is InChI=1S/C20H20N4O2/c1-13-12-26-20(22-13)19(25)23-18-10-16-9-14(6-7-15(16)11-21-18)17-5-3-4-8-24(17)2/h4-12,20,22H,3H2,1-2H3,(H,21,23,25). The molecule has 4 rings (SSSR count). The van der Waals surface area contributed by atoms with E-state index < -0.39 is 6.23 Å². The van der Waals surface area contributed by atoms with E-state index >= 15 is 0 Å². The Bertz CT molecular complexity index is 961. The average Bonchev–Trinajstić information content (AvgIpc) is 3.08. The lowest BCUT2D eigenvalue weighted by Gasteiger charge is -2.22. The molecule has 6 nitrogen and oxygen atoms in total. The maximum absolute atomic E-state index is 12.3. The molecule has 2 aliphatic heterocycles. The highest BCUT2D eigenvalue weighted by Gasteiger charge is 2.23. The van der Waals surface area contributed by atoms with Crippen molar-refractivity contribution in [2.45, 2.75) is 19.6 Å². The smallest absolute Gasteiger partial charge is 0.287 e. The summed E-state index contributed by atoms with van der Waals surface area (Å²) in [4.78, 5) is 18.7. The van der Waals surface area contributed by atoms with Gasteiger partial charge in [0.05, 0.1) is 0 Å². The number of rotatable bonds is 3. The van der Waals surface area contributed by atoms with Crippen LogP contribution in [0, 0.1) is 0 Å². The van der Waals surface area contributed by atoms with Gasteiger partial charge >= 0.3 is 0 Å². The third kappa shape index (κ3) is 3.13. The molecule has 1 amide bonds. The monoisotopic (exact) mass is 348 g/mol. The Morgan fingerprint density at radius 3 is 3.00 bits per heavy atom. The molecule has 3 heterocycles. The first kappa shape index (κ1) is 16.2. The molecule has 0 saturated carbocycles. The Morgan fingerprint density at radius 2 is 2.23 bits per heavy atom. The number of aromatic nitrogens is 1. The van der Waals surface area contributed by atoms with Crippen LogP contribution in [0.5, 0.6) is 0 Å². The third-order valence-electron chi connectivity index (χ3n) is 4.40. The lowest BCUT2D eigenvalue weighted by molar-refractivity contribution is -0.124. The van der Waals surface area contributed by atoms with Crippen LogP contribution in [0.4, 0.5) is 5.82 Å². The minimum absolute atomic E-state index is 0.277. The summed E-state index contributed by atoms with van der Waals surface area (Å²) in [5.41, 5.74) is 3.12. The summed E-state index contributed by atoms with van der Waals surface area (Å²) >= 11 is 0. The van der Waals surface area contributed by atoms with Crippen molar-refractivity contribution in [1.82, 2.24) is 15.2 Å². The molecule has 1 unspecified atom stereocenters. The number of nitrogens with zero attached hydrogens (tertiary/aromatic N) is 2. The van der Waals surface area contributed by atoms with Gasteiger partial charge in [-0.25, -0.2) is 4.98 Å². The van der Waals surface area contributed by atoms with Crippen LogP contribution < -0.4 is 10.6 Å². The van der Waals surface area contributed by atoms with Gasteiger partial charge in [-0.15, -0.1) is 0 Å². The van der Waals surface area contributed by atoms with E-state index in [1.165, 1.54) is 12.0 Å². The molecule has 1 atom stereocenters. The van der Waals surface area contributed by atoms with Crippen molar-refractivity contribution in [2.24, 2.45) is 0 Å². The number of pyridine rings is 1. The number of ether oxygens (including phenoxy) is 1. The number of anilines is 1. The van der Waals surface area contributed by atoms with Crippen molar-refractivity contribution in [2.75, 3.05) is 12.4 Å². The lowest BCUT2D eigenvalue weighted by Crippen LogP contribution is -2.37. The highest BCUT2D eigenvalue weighted by Crippen LogP contribution is 2.26. The van der Waals surface area contributed by atoms with Gasteiger partial charge in [0.1, 0.15) is 12.1 Å². The van der Waals surface area contributed by atoms with E-state index in [9.17, 15) is 4.79 Å². The number of carbonyl (C=O) groups is 1. The number of hydrogen-bond donors (Lipinski definition) is 2.